The molecule has 4 rings (SSSR count). The van der Waals surface area contributed by atoms with Gasteiger partial charge in [0, 0.05) is 12.5 Å². The topological polar surface area (TPSA) is 24.5 Å². The maximum absolute atomic E-state index is 5.73. The molecule has 3 heteroatoms. The van der Waals surface area contributed by atoms with Crippen molar-refractivity contribution in [3.05, 3.63) is 95.6 Å². The van der Waals surface area contributed by atoms with Gasteiger partial charge in [-0.25, -0.2) is 5.43 Å². The molecule has 110 valence electrons. The standard InChI is InChI=1S/C19H18N2O/c1-2-6-15(7-3-1)16-10-11-22-19(12-16)21-14-18-9-5-4-8-17(18)13-20-21/h1-12,16,20H,13-14H2. The van der Waals surface area contributed by atoms with Crippen molar-refractivity contribution < 1.29 is 4.74 Å². The van der Waals surface area contributed by atoms with Crippen molar-refractivity contribution in [3.63, 3.8) is 0 Å². The van der Waals surface area contributed by atoms with Crippen LogP contribution in [0.5, 0.6) is 0 Å². The van der Waals surface area contributed by atoms with Crippen molar-refractivity contribution in [2.24, 2.45) is 0 Å². The van der Waals surface area contributed by atoms with Crippen LogP contribution >= 0.6 is 0 Å². The van der Waals surface area contributed by atoms with Gasteiger partial charge in [0.1, 0.15) is 0 Å². The first-order valence-corrected chi connectivity index (χ1v) is 7.58. The van der Waals surface area contributed by atoms with E-state index in [0.717, 1.165) is 19.0 Å². The molecule has 0 aliphatic carbocycles. The number of hydrogen-bond acceptors (Lipinski definition) is 3. The molecule has 1 N–H and O–H groups in total. The SMILES string of the molecule is C1=CC(c2ccccc2)C=C(N2Cc3ccccc3CN2)O1. The quantitative estimate of drug-likeness (QED) is 0.913. The van der Waals surface area contributed by atoms with E-state index in [1.54, 1.807) is 6.26 Å². The van der Waals surface area contributed by atoms with Crippen LogP contribution in [0.1, 0.15) is 22.6 Å². The van der Waals surface area contributed by atoms with Crippen LogP contribution in [0.2, 0.25) is 0 Å². The first-order chi connectivity index (χ1) is 10.9. The van der Waals surface area contributed by atoms with Crippen LogP contribution in [0, 0.1) is 0 Å². The highest BCUT2D eigenvalue weighted by molar-refractivity contribution is 5.32. The molecule has 22 heavy (non-hydrogen) atoms. The second-order valence-electron chi connectivity index (χ2n) is 5.58. The molecule has 2 heterocycles. The molecular formula is C19H18N2O. The fourth-order valence-electron chi connectivity index (χ4n) is 2.93. The van der Waals surface area contributed by atoms with Crippen molar-refractivity contribution in [2.45, 2.75) is 19.0 Å². The fraction of sp³-hybridized carbons (Fsp3) is 0.158. The largest absolute Gasteiger partial charge is 0.448 e. The maximum Gasteiger partial charge on any atom is 0.206 e. The average Bonchev–Trinajstić information content (AvgIpc) is 2.62. The summed E-state index contributed by atoms with van der Waals surface area (Å²) in [5.74, 6) is 1.12. The highest BCUT2D eigenvalue weighted by Gasteiger charge is 2.21. The molecule has 0 saturated carbocycles. The molecule has 1 unspecified atom stereocenters. The third-order valence-corrected chi connectivity index (χ3v) is 4.15. The molecule has 0 aromatic heterocycles. The smallest absolute Gasteiger partial charge is 0.206 e. The van der Waals surface area contributed by atoms with E-state index in [0.29, 0.717) is 0 Å². The van der Waals surface area contributed by atoms with Gasteiger partial charge in [-0.1, -0.05) is 54.6 Å². The van der Waals surface area contributed by atoms with E-state index in [1.807, 2.05) is 6.07 Å². The number of rotatable bonds is 2. The average molecular weight is 290 g/mol. The van der Waals surface area contributed by atoms with Gasteiger partial charge in [-0.3, -0.25) is 5.01 Å². The lowest BCUT2D eigenvalue weighted by Gasteiger charge is -2.33. The summed E-state index contributed by atoms with van der Waals surface area (Å²) in [6, 6.07) is 19.0. The Morgan fingerprint density at radius 1 is 0.955 bits per heavy atom. The van der Waals surface area contributed by atoms with Crippen molar-refractivity contribution >= 4 is 0 Å². The number of hydrogen-bond donors (Lipinski definition) is 1. The van der Waals surface area contributed by atoms with Gasteiger partial charge in [0.25, 0.3) is 0 Å². The van der Waals surface area contributed by atoms with Crippen LogP contribution in [0.15, 0.2) is 78.9 Å². The third kappa shape index (κ3) is 2.51. The Bertz CT molecular complexity index is 721. The van der Waals surface area contributed by atoms with E-state index < -0.39 is 0 Å². The molecule has 0 spiro atoms. The number of nitrogens with one attached hydrogen (secondary N) is 1. The summed E-state index contributed by atoms with van der Waals surface area (Å²) in [4.78, 5) is 0. The lowest BCUT2D eigenvalue weighted by molar-refractivity contribution is 0.107. The molecule has 0 bridgehead atoms. The molecule has 2 aliphatic heterocycles. The predicted molar refractivity (Wildman–Crippen MR) is 86.3 cm³/mol. The predicted octanol–water partition coefficient (Wildman–Crippen LogP) is 3.68. The van der Waals surface area contributed by atoms with Crippen LogP contribution < -0.4 is 5.43 Å². The summed E-state index contributed by atoms with van der Waals surface area (Å²) >= 11 is 0. The van der Waals surface area contributed by atoms with Gasteiger partial charge in [0.05, 0.1) is 12.8 Å². The Morgan fingerprint density at radius 2 is 1.73 bits per heavy atom. The van der Waals surface area contributed by atoms with Crippen molar-refractivity contribution in [1.29, 1.82) is 0 Å². The second-order valence-corrected chi connectivity index (χ2v) is 5.58. The molecule has 0 fully saturated rings. The van der Waals surface area contributed by atoms with Gasteiger partial charge in [-0.2, -0.15) is 0 Å². The molecule has 2 aromatic rings. The van der Waals surface area contributed by atoms with Gasteiger partial charge >= 0.3 is 0 Å². The summed E-state index contributed by atoms with van der Waals surface area (Å²) < 4.78 is 5.73. The Morgan fingerprint density at radius 3 is 2.59 bits per heavy atom. The Hall–Kier alpha value is -2.52. The van der Waals surface area contributed by atoms with E-state index in [1.165, 1.54) is 16.7 Å². The number of nitrogens with zero attached hydrogens (tertiary/aromatic N) is 1. The summed E-state index contributed by atoms with van der Waals surface area (Å²) in [7, 11) is 0. The highest BCUT2D eigenvalue weighted by Crippen LogP contribution is 2.27. The normalized spacial score (nSPS) is 20.1. The van der Waals surface area contributed by atoms with Crippen LogP contribution in [0.3, 0.4) is 0 Å². The lowest BCUT2D eigenvalue weighted by atomic mass is 9.98. The number of allylic oxidation sites excluding steroid dienone is 2. The van der Waals surface area contributed by atoms with E-state index in [4.69, 9.17) is 4.74 Å². The van der Waals surface area contributed by atoms with Gasteiger partial charge < -0.3 is 4.74 Å². The Labute approximate surface area is 130 Å². The minimum atomic E-state index is 0.254. The highest BCUT2D eigenvalue weighted by atomic mass is 16.5. The summed E-state index contributed by atoms with van der Waals surface area (Å²) in [6.07, 6.45) is 6.03. The lowest BCUT2D eigenvalue weighted by Crippen LogP contribution is -2.41. The van der Waals surface area contributed by atoms with E-state index in [9.17, 15) is 0 Å². The second kappa shape index (κ2) is 5.70. The zero-order valence-electron chi connectivity index (χ0n) is 12.3. The number of fused-ring (bicyclic) bond motifs is 1. The third-order valence-electron chi connectivity index (χ3n) is 4.15. The maximum atomic E-state index is 5.73. The van der Waals surface area contributed by atoms with Gasteiger partial charge in [-0.15, -0.1) is 0 Å². The summed E-state index contributed by atoms with van der Waals surface area (Å²) in [5.41, 5.74) is 7.39. The Kier molecular flexibility index (Phi) is 3.41. The number of benzene rings is 2. The molecule has 1 atom stereocenters. The van der Waals surface area contributed by atoms with E-state index >= 15 is 0 Å². The zero-order chi connectivity index (χ0) is 14.8. The van der Waals surface area contributed by atoms with Crippen LogP contribution in [-0.2, 0) is 17.8 Å². The van der Waals surface area contributed by atoms with Gasteiger partial charge in [0.15, 0.2) is 0 Å². The fourth-order valence-corrected chi connectivity index (χ4v) is 2.93. The first kappa shape index (κ1) is 13.2. The van der Waals surface area contributed by atoms with E-state index in [2.05, 4.69) is 71.1 Å². The van der Waals surface area contributed by atoms with Crippen molar-refractivity contribution in [2.75, 3.05) is 0 Å². The molecule has 3 nitrogen and oxygen atoms in total. The van der Waals surface area contributed by atoms with Crippen LogP contribution in [-0.4, -0.2) is 5.01 Å². The van der Waals surface area contributed by atoms with Crippen molar-refractivity contribution in [1.82, 2.24) is 10.4 Å². The van der Waals surface area contributed by atoms with E-state index in [-0.39, 0.29) is 5.92 Å². The van der Waals surface area contributed by atoms with Gasteiger partial charge in [-0.05, 0) is 28.8 Å². The first-order valence-electron chi connectivity index (χ1n) is 7.58. The molecule has 0 radical (unpaired) electrons. The summed E-state index contributed by atoms with van der Waals surface area (Å²) in [5, 5.41) is 2.09. The molecule has 2 aliphatic rings. The van der Waals surface area contributed by atoms with Crippen molar-refractivity contribution in [3.8, 4) is 0 Å². The molecule has 2 aromatic carbocycles. The molecular weight excluding hydrogens is 272 g/mol. The zero-order valence-corrected chi connectivity index (χ0v) is 12.3. The van der Waals surface area contributed by atoms with Crippen LogP contribution in [0.25, 0.3) is 0 Å². The monoisotopic (exact) mass is 290 g/mol. The minimum Gasteiger partial charge on any atom is -0.448 e. The number of hydrazine groups is 1. The van der Waals surface area contributed by atoms with Gasteiger partial charge in [0.2, 0.25) is 5.88 Å². The molecule has 0 amide bonds. The minimum absolute atomic E-state index is 0.254. The van der Waals surface area contributed by atoms with Crippen LogP contribution in [0.4, 0.5) is 0 Å². The Balaban J connectivity index is 1.57. The molecule has 0 saturated heterocycles. The number of ether oxygens (including phenoxy) is 1. The summed E-state index contributed by atoms with van der Waals surface area (Å²) in [6.45, 7) is 1.65.